The fraction of sp³-hybridized carbons (Fsp3) is 0. The zero-order chi connectivity index (χ0) is 13.4. The average Bonchev–Trinajstić information content (AvgIpc) is 2.82. The summed E-state index contributed by atoms with van der Waals surface area (Å²) in [4.78, 5) is 14.7. The van der Waals surface area contributed by atoms with Crippen LogP contribution in [-0.2, 0) is 0 Å². The molecule has 3 rings (SSSR count). The minimum Gasteiger partial charge on any atom is -0.258 e. The molecule has 3 aromatic rings. The van der Waals surface area contributed by atoms with Crippen LogP contribution in [-0.4, -0.2) is 19.5 Å². The molecule has 0 fully saturated rings. The zero-order valence-corrected chi connectivity index (χ0v) is 11.1. The van der Waals surface area contributed by atoms with Crippen molar-refractivity contribution in [1.29, 1.82) is 0 Å². The lowest BCUT2D eigenvalue weighted by atomic mass is 10.2. The molecule has 19 heavy (non-hydrogen) atoms. The molecule has 0 radical (unpaired) electrons. The summed E-state index contributed by atoms with van der Waals surface area (Å²) in [5, 5.41) is 15.2. The molecular formula is C12H7BrN4O2. The molecule has 0 unspecified atom stereocenters. The maximum atomic E-state index is 10.9. The van der Waals surface area contributed by atoms with Crippen molar-refractivity contribution in [3.63, 3.8) is 0 Å². The second kappa shape index (κ2) is 4.43. The third-order valence-corrected chi connectivity index (χ3v) is 3.11. The molecule has 6 nitrogen and oxygen atoms in total. The number of aromatic nitrogens is 3. The molecule has 0 amide bonds. The highest BCUT2D eigenvalue weighted by Crippen LogP contribution is 2.23. The second-order valence-electron chi connectivity index (χ2n) is 3.86. The summed E-state index contributed by atoms with van der Waals surface area (Å²) in [6, 6.07) is 10.5. The fourth-order valence-corrected chi connectivity index (χ4v) is 2.18. The van der Waals surface area contributed by atoms with Crippen LogP contribution in [0.5, 0.6) is 0 Å². The first-order chi connectivity index (χ1) is 9.15. The molecule has 0 atom stereocenters. The monoisotopic (exact) mass is 318 g/mol. The number of nitro groups is 1. The van der Waals surface area contributed by atoms with Crippen molar-refractivity contribution < 1.29 is 4.92 Å². The van der Waals surface area contributed by atoms with Crippen molar-refractivity contribution in [2.75, 3.05) is 0 Å². The number of hydrogen-bond donors (Lipinski definition) is 0. The largest absolute Gasteiger partial charge is 0.313 e. The van der Waals surface area contributed by atoms with Crippen molar-refractivity contribution in [1.82, 2.24) is 14.6 Å². The molecule has 7 heteroatoms. The Bertz CT molecular complexity index is 784. The van der Waals surface area contributed by atoms with Gasteiger partial charge in [0, 0.05) is 22.3 Å². The van der Waals surface area contributed by atoms with Gasteiger partial charge < -0.3 is 0 Å². The molecule has 0 bridgehead atoms. The number of pyridine rings is 1. The van der Waals surface area contributed by atoms with Crippen LogP contribution in [0.3, 0.4) is 0 Å². The van der Waals surface area contributed by atoms with E-state index in [0.29, 0.717) is 5.82 Å². The first-order valence-corrected chi connectivity index (χ1v) is 6.20. The van der Waals surface area contributed by atoms with Gasteiger partial charge in [0.2, 0.25) is 5.65 Å². The second-order valence-corrected chi connectivity index (χ2v) is 4.78. The summed E-state index contributed by atoms with van der Waals surface area (Å²) in [6.07, 6.45) is 1.64. The average molecular weight is 319 g/mol. The summed E-state index contributed by atoms with van der Waals surface area (Å²) in [5.74, 6) is 0.454. The highest BCUT2D eigenvalue weighted by molar-refractivity contribution is 9.10. The van der Waals surface area contributed by atoms with Crippen molar-refractivity contribution >= 4 is 27.3 Å². The van der Waals surface area contributed by atoms with Gasteiger partial charge >= 0.3 is 5.69 Å². The maximum Gasteiger partial charge on any atom is 0.313 e. The molecule has 94 valence electrons. The molecule has 2 heterocycles. The van der Waals surface area contributed by atoms with E-state index in [1.54, 1.807) is 12.3 Å². The van der Waals surface area contributed by atoms with Crippen molar-refractivity contribution in [2.45, 2.75) is 0 Å². The highest BCUT2D eigenvalue weighted by atomic mass is 79.9. The lowest BCUT2D eigenvalue weighted by Crippen LogP contribution is -1.93. The summed E-state index contributed by atoms with van der Waals surface area (Å²) in [6.45, 7) is 0. The van der Waals surface area contributed by atoms with Crippen LogP contribution in [0.4, 0.5) is 5.69 Å². The van der Waals surface area contributed by atoms with E-state index in [4.69, 9.17) is 0 Å². The van der Waals surface area contributed by atoms with Crippen molar-refractivity contribution in [2.24, 2.45) is 0 Å². The van der Waals surface area contributed by atoms with Gasteiger partial charge in [-0.15, -0.1) is 5.10 Å². The molecular weight excluding hydrogens is 312 g/mol. The number of nitrogens with zero attached hydrogens (tertiary/aromatic N) is 4. The van der Waals surface area contributed by atoms with Gasteiger partial charge in [0.1, 0.15) is 0 Å². The Morgan fingerprint density at radius 1 is 1.26 bits per heavy atom. The van der Waals surface area contributed by atoms with Crippen LogP contribution in [0, 0.1) is 10.1 Å². The molecule has 0 N–H and O–H groups in total. The highest BCUT2D eigenvalue weighted by Gasteiger charge is 2.16. The standard InChI is InChI=1S/C12H7BrN4O2/c13-9-4-1-3-8(7-9)11-14-12-10(17(18)19)5-2-6-16(12)15-11/h1-7H. The number of hydrogen-bond acceptors (Lipinski definition) is 4. The molecule has 0 saturated heterocycles. The van der Waals surface area contributed by atoms with Gasteiger partial charge in [-0.3, -0.25) is 10.1 Å². The van der Waals surface area contributed by atoms with E-state index in [0.717, 1.165) is 10.0 Å². The Kier molecular flexibility index (Phi) is 2.75. The van der Waals surface area contributed by atoms with Crippen LogP contribution >= 0.6 is 15.9 Å². The van der Waals surface area contributed by atoms with Gasteiger partial charge in [0.15, 0.2) is 5.82 Å². The predicted molar refractivity (Wildman–Crippen MR) is 72.8 cm³/mol. The first kappa shape index (κ1) is 11.8. The number of rotatable bonds is 2. The van der Waals surface area contributed by atoms with E-state index in [9.17, 15) is 10.1 Å². The topological polar surface area (TPSA) is 73.3 Å². The molecule has 0 spiro atoms. The summed E-state index contributed by atoms with van der Waals surface area (Å²) >= 11 is 3.37. The Morgan fingerprint density at radius 3 is 2.84 bits per heavy atom. The number of halogens is 1. The SMILES string of the molecule is O=[N+]([O-])c1cccn2nc(-c3cccc(Br)c3)nc12. The zero-order valence-electron chi connectivity index (χ0n) is 9.52. The lowest BCUT2D eigenvalue weighted by molar-refractivity contribution is -0.383. The van der Waals surface area contributed by atoms with Crippen molar-refractivity contribution in [3.8, 4) is 11.4 Å². The van der Waals surface area contributed by atoms with Gasteiger partial charge in [-0.2, -0.15) is 0 Å². The van der Waals surface area contributed by atoms with Gasteiger partial charge in [-0.25, -0.2) is 9.50 Å². The molecule has 2 aromatic heterocycles. The Labute approximate surface area is 116 Å². The van der Waals surface area contributed by atoms with Crippen LogP contribution in [0.1, 0.15) is 0 Å². The normalized spacial score (nSPS) is 10.8. The van der Waals surface area contributed by atoms with Gasteiger partial charge in [0.05, 0.1) is 4.92 Å². The van der Waals surface area contributed by atoms with Gasteiger partial charge in [-0.05, 0) is 18.2 Å². The summed E-state index contributed by atoms with van der Waals surface area (Å²) in [7, 11) is 0. The van der Waals surface area contributed by atoms with E-state index in [1.165, 1.54) is 10.6 Å². The van der Waals surface area contributed by atoms with Gasteiger partial charge in [-0.1, -0.05) is 28.1 Å². The Balaban J connectivity index is 2.22. The fourth-order valence-electron chi connectivity index (χ4n) is 1.78. The Hall–Kier alpha value is -2.28. The molecule has 1 aromatic carbocycles. The minimum absolute atomic E-state index is 0.0590. The number of benzene rings is 1. The maximum absolute atomic E-state index is 10.9. The van der Waals surface area contributed by atoms with Crippen LogP contribution in [0.15, 0.2) is 47.1 Å². The molecule has 0 aliphatic rings. The van der Waals surface area contributed by atoms with Crippen LogP contribution in [0.2, 0.25) is 0 Å². The van der Waals surface area contributed by atoms with Crippen LogP contribution < -0.4 is 0 Å². The summed E-state index contributed by atoms with van der Waals surface area (Å²) in [5.41, 5.74) is 0.978. The van der Waals surface area contributed by atoms with E-state index in [-0.39, 0.29) is 11.3 Å². The first-order valence-electron chi connectivity index (χ1n) is 5.41. The van der Waals surface area contributed by atoms with Gasteiger partial charge in [0.25, 0.3) is 0 Å². The smallest absolute Gasteiger partial charge is 0.258 e. The van der Waals surface area contributed by atoms with Crippen molar-refractivity contribution in [3.05, 3.63) is 57.2 Å². The van der Waals surface area contributed by atoms with Crippen LogP contribution in [0.25, 0.3) is 17.0 Å². The van der Waals surface area contributed by atoms with E-state index in [2.05, 4.69) is 26.0 Å². The third kappa shape index (κ3) is 2.08. The lowest BCUT2D eigenvalue weighted by Gasteiger charge is -1.94. The van der Waals surface area contributed by atoms with E-state index < -0.39 is 4.92 Å². The molecule has 0 aliphatic heterocycles. The van der Waals surface area contributed by atoms with E-state index in [1.807, 2.05) is 24.3 Å². The van der Waals surface area contributed by atoms with E-state index >= 15 is 0 Å². The summed E-state index contributed by atoms with van der Waals surface area (Å²) < 4.78 is 2.31. The third-order valence-electron chi connectivity index (χ3n) is 2.62. The molecule has 0 aliphatic carbocycles. The minimum atomic E-state index is -0.464. The Morgan fingerprint density at radius 2 is 2.11 bits per heavy atom. The quantitative estimate of drug-likeness (QED) is 0.537. The number of fused-ring (bicyclic) bond motifs is 1. The predicted octanol–water partition coefficient (Wildman–Crippen LogP) is 3.07. The molecule has 0 saturated carbocycles.